The normalized spacial score (nSPS) is 11.5. The second kappa shape index (κ2) is 7.80. The summed E-state index contributed by atoms with van der Waals surface area (Å²) < 4.78 is 31.1. The number of aryl methyl sites for hydroxylation is 1. The van der Waals surface area contributed by atoms with E-state index in [4.69, 9.17) is 4.42 Å². The Morgan fingerprint density at radius 3 is 2.30 bits per heavy atom. The lowest BCUT2D eigenvalue weighted by molar-refractivity contribution is 0.0956. The van der Waals surface area contributed by atoms with Crippen LogP contribution in [-0.2, 0) is 9.84 Å². The van der Waals surface area contributed by atoms with E-state index in [1.807, 2.05) is 56.3 Å². The van der Waals surface area contributed by atoms with Gasteiger partial charge in [-0.25, -0.2) is 8.42 Å². The van der Waals surface area contributed by atoms with Gasteiger partial charge in [0.05, 0.1) is 4.90 Å². The first-order valence-electron chi connectivity index (χ1n) is 9.62. The topological polar surface area (TPSA) is 67.6 Å². The molecule has 0 aliphatic rings. The summed E-state index contributed by atoms with van der Waals surface area (Å²) in [6.07, 6.45) is 0. The van der Waals surface area contributed by atoms with Crippen LogP contribution in [0.3, 0.4) is 0 Å². The van der Waals surface area contributed by atoms with Gasteiger partial charge in [-0.3, -0.25) is 4.79 Å². The Morgan fingerprint density at radius 1 is 0.900 bits per heavy atom. The Hall–Kier alpha value is -3.38. The van der Waals surface area contributed by atoms with Crippen molar-refractivity contribution in [3.05, 3.63) is 90.2 Å². The third-order valence-electron chi connectivity index (χ3n) is 4.99. The number of anilines is 1. The number of amides is 1. The van der Waals surface area contributed by atoms with E-state index in [9.17, 15) is 13.2 Å². The molecular weight excluding hydrogens is 398 g/mol. The minimum absolute atomic E-state index is 0.0179. The van der Waals surface area contributed by atoms with Crippen molar-refractivity contribution in [2.45, 2.75) is 23.8 Å². The summed E-state index contributed by atoms with van der Waals surface area (Å²) in [5, 5.41) is 1.85. The van der Waals surface area contributed by atoms with E-state index in [1.54, 1.807) is 17.0 Å². The Bertz CT molecular complexity index is 1320. The quantitative estimate of drug-likeness (QED) is 0.444. The van der Waals surface area contributed by atoms with E-state index in [0.717, 1.165) is 22.0 Å². The lowest BCUT2D eigenvalue weighted by Gasteiger charge is -2.20. The molecule has 0 aliphatic heterocycles. The van der Waals surface area contributed by atoms with Crippen LogP contribution in [0, 0.1) is 6.92 Å². The Balaban J connectivity index is 1.65. The van der Waals surface area contributed by atoms with E-state index in [-0.39, 0.29) is 15.7 Å². The van der Waals surface area contributed by atoms with Gasteiger partial charge in [0.2, 0.25) is 14.9 Å². The predicted octanol–water partition coefficient (Wildman–Crippen LogP) is 5.24. The number of furan rings is 1. The van der Waals surface area contributed by atoms with Gasteiger partial charge in [0.1, 0.15) is 0 Å². The second-order valence-corrected chi connectivity index (χ2v) is 8.90. The van der Waals surface area contributed by atoms with Crippen LogP contribution in [-0.4, -0.2) is 20.9 Å². The molecule has 0 atom stereocenters. The van der Waals surface area contributed by atoms with Gasteiger partial charge in [0, 0.05) is 12.2 Å². The van der Waals surface area contributed by atoms with Crippen molar-refractivity contribution in [1.29, 1.82) is 0 Å². The molecule has 30 heavy (non-hydrogen) atoms. The van der Waals surface area contributed by atoms with Gasteiger partial charge < -0.3 is 9.32 Å². The Kier molecular flexibility index (Phi) is 5.18. The zero-order chi connectivity index (χ0) is 21.3. The Labute approximate surface area is 175 Å². The molecule has 1 aromatic heterocycles. The molecule has 0 radical (unpaired) electrons. The highest BCUT2D eigenvalue weighted by molar-refractivity contribution is 7.91. The first-order valence-corrected chi connectivity index (χ1v) is 11.1. The van der Waals surface area contributed by atoms with Crippen molar-refractivity contribution in [2.24, 2.45) is 0 Å². The highest BCUT2D eigenvalue weighted by atomic mass is 32.2. The van der Waals surface area contributed by atoms with E-state index in [0.29, 0.717) is 6.54 Å². The van der Waals surface area contributed by atoms with Crippen LogP contribution in [0.2, 0.25) is 0 Å². The number of sulfone groups is 1. The molecular formula is C24H21NO4S. The first-order chi connectivity index (χ1) is 14.4. The van der Waals surface area contributed by atoms with Crippen molar-refractivity contribution in [2.75, 3.05) is 11.4 Å². The maximum atomic E-state index is 13.1. The van der Waals surface area contributed by atoms with Crippen LogP contribution in [0.4, 0.5) is 5.69 Å². The highest BCUT2D eigenvalue weighted by Gasteiger charge is 2.26. The fourth-order valence-electron chi connectivity index (χ4n) is 3.33. The second-order valence-electron chi connectivity index (χ2n) is 7.02. The van der Waals surface area contributed by atoms with Gasteiger partial charge in [-0.1, -0.05) is 48.0 Å². The van der Waals surface area contributed by atoms with Crippen molar-refractivity contribution in [3.63, 3.8) is 0 Å². The molecule has 0 spiro atoms. The number of benzene rings is 3. The number of hydrogen-bond acceptors (Lipinski definition) is 4. The number of carbonyl (C=O) groups excluding carboxylic acids is 1. The van der Waals surface area contributed by atoms with E-state index < -0.39 is 15.7 Å². The van der Waals surface area contributed by atoms with Crippen molar-refractivity contribution in [1.82, 2.24) is 0 Å². The van der Waals surface area contributed by atoms with E-state index >= 15 is 0 Å². The molecule has 4 rings (SSSR count). The smallest absolute Gasteiger partial charge is 0.294 e. The largest absolute Gasteiger partial charge is 0.439 e. The summed E-state index contributed by atoms with van der Waals surface area (Å²) in [5.74, 6) is -0.408. The average Bonchev–Trinajstić information content (AvgIpc) is 3.26. The van der Waals surface area contributed by atoms with Crippen LogP contribution in [0.15, 0.2) is 93.3 Å². The number of rotatable bonds is 5. The summed E-state index contributed by atoms with van der Waals surface area (Å²) in [4.78, 5) is 14.8. The van der Waals surface area contributed by atoms with Gasteiger partial charge in [0.15, 0.2) is 5.76 Å². The molecule has 1 heterocycles. The molecule has 0 N–H and O–H groups in total. The summed E-state index contributed by atoms with van der Waals surface area (Å²) in [5.41, 5.74) is 1.68. The van der Waals surface area contributed by atoms with Gasteiger partial charge in [-0.15, -0.1) is 0 Å². The van der Waals surface area contributed by atoms with E-state index in [2.05, 4.69) is 0 Å². The number of carbonyl (C=O) groups is 1. The van der Waals surface area contributed by atoms with E-state index in [1.165, 1.54) is 24.3 Å². The van der Waals surface area contributed by atoms with Crippen molar-refractivity contribution < 1.29 is 17.6 Å². The minimum Gasteiger partial charge on any atom is -0.439 e. The zero-order valence-corrected chi connectivity index (χ0v) is 17.5. The molecule has 0 fully saturated rings. The molecule has 3 aromatic carbocycles. The maximum Gasteiger partial charge on any atom is 0.294 e. The standard InChI is InChI=1S/C24H21NO4S/c1-3-25(20-11-10-18-6-4-5-7-19(18)16-20)24(26)22-14-15-23(29-22)30(27,28)21-12-8-17(2)9-13-21/h4-16H,3H2,1-2H3. The van der Waals surface area contributed by atoms with Gasteiger partial charge in [0.25, 0.3) is 5.91 Å². The van der Waals surface area contributed by atoms with Gasteiger partial charge >= 0.3 is 0 Å². The molecule has 0 bridgehead atoms. The van der Waals surface area contributed by atoms with Crippen LogP contribution in [0.1, 0.15) is 23.0 Å². The molecule has 6 heteroatoms. The molecule has 152 valence electrons. The fraction of sp³-hybridized carbons (Fsp3) is 0.125. The Morgan fingerprint density at radius 2 is 1.60 bits per heavy atom. The molecule has 0 unspecified atom stereocenters. The molecule has 0 saturated carbocycles. The zero-order valence-electron chi connectivity index (χ0n) is 16.7. The summed E-state index contributed by atoms with van der Waals surface area (Å²) >= 11 is 0. The predicted molar refractivity (Wildman–Crippen MR) is 117 cm³/mol. The molecule has 4 aromatic rings. The molecule has 1 amide bonds. The van der Waals surface area contributed by atoms with Gasteiger partial charge in [-0.2, -0.15) is 0 Å². The third-order valence-corrected chi connectivity index (χ3v) is 6.64. The SMILES string of the molecule is CCN(C(=O)c1ccc(S(=O)(=O)c2ccc(C)cc2)o1)c1ccc2ccccc2c1. The molecule has 5 nitrogen and oxygen atoms in total. The summed E-state index contributed by atoms with van der Waals surface area (Å²) in [6, 6.07) is 22.9. The number of fused-ring (bicyclic) bond motifs is 1. The average molecular weight is 420 g/mol. The fourth-order valence-corrected chi connectivity index (χ4v) is 4.51. The number of hydrogen-bond donors (Lipinski definition) is 0. The summed E-state index contributed by atoms with van der Waals surface area (Å²) in [6.45, 7) is 4.16. The van der Waals surface area contributed by atoms with Gasteiger partial charge in [-0.05, 0) is 61.0 Å². The lowest BCUT2D eigenvalue weighted by Crippen LogP contribution is -2.30. The maximum absolute atomic E-state index is 13.1. The van der Waals surface area contributed by atoms with Crippen LogP contribution in [0.25, 0.3) is 10.8 Å². The third kappa shape index (κ3) is 3.62. The highest BCUT2D eigenvalue weighted by Crippen LogP contribution is 2.27. The van der Waals surface area contributed by atoms with Crippen molar-refractivity contribution >= 4 is 32.2 Å². The molecule has 0 aliphatic carbocycles. The van der Waals surface area contributed by atoms with Crippen LogP contribution in [0.5, 0.6) is 0 Å². The van der Waals surface area contributed by atoms with Crippen LogP contribution < -0.4 is 4.90 Å². The van der Waals surface area contributed by atoms with Crippen LogP contribution >= 0.6 is 0 Å². The number of nitrogens with zero attached hydrogens (tertiary/aromatic N) is 1. The molecule has 0 saturated heterocycles. The summed E-state index contributed by atoms with van der Waals surface area (Å²) in [7, 11) is -3.83. The minimum atomic E-state index is -3.83. The van der Waals surface area contributed by atoms with Crippen molar-refractivity contribution in [3.8, 4) is 0 Å². The first kappa shape index (κ1) is 19.9. The lowest BCUT2D eigenvalue weighted by atomic mass is 10.1. The monoisotopic (exact) mass is 419 g/mol.